The monoisotopic (exact) mass is 597 g/mol. The smallest absolute Gasteiger partial charge is 0.332 e. The fourth-order valence-electron chi connectivity index (χ4n) is 3.85. The van der Waals surface area contributed by atoms with E-state index in [0.717, 1.165) is 16.4 Å². The highest BCUT2D eigenvalue weighted by Gasteiger charge is 2.32. The average Bonchev–Trinajstić information content (AvgIpc) is 2.90. The highest BCUT2D eigenvalue weighted by molar-refractivity contribution is 7.89. The van der Waals surface area contributed by atoms with Crippen LogP contribution in [-0.2, 0) is 27.9 Å². The van der Waals surface area contributed by atoms with Gasteiger partial charge in [-0.25, -0.2) is 18.2 Å². The summed E-state index contributed by atoms with van der Waals surface area (Å²) in [6.45, 7) is 2.62. The summed E-state index contributed by atoms with van der Waals surface area (Å²) in [7, 11) is -3.84. The molecule has 41 heavy (non-hydrogen) atoms. The zero-order valence-corrected chi connectivity index (χ0v) is 24.1. The molecule has 0 radical (unpaired) electrons. The Balaban J connectivity index is 1.68. The van der Waals surface area contributed by atoms with E-state index in [1.54, 1.807) is 72.9 Å². The van der Waals surface area contributed by atoms with E-state index in [2.05, 4.69) is 10.3 Å². The van der Waals surface area contributed by atoms with Crippen molar-refractivity contribution in [2.75, 3.05) is 11.6 Å². The molecular formula is C28H28ClN5O6S. The van der Waals surface area contributed by atoms with Crippen molar-refractivity contribution in [3.05, 3.63) is 110 Å². The Bertz CT molecular complexity index is 1770. The molecule has 1 amide bonds. The number of sulfonamides is 1. The normalized spacial score (nSPS) is 11.6. The number of hydrogen-bond acceptors (Lipinski definition) is 8. The van der Waals surface area contributed by atoms with E-state index in [1.807, 2.05) is 4.72 Å². The van der Waals surface area contributed by atoms with Gasteiger partial charge >= 0.3 is 5.69 Å². The molecule has 0 spiro atoms. The van der Waals surface area contributed by atoms with E-state index in [1.165, 1.54) is 24.5 Å². The Labute approximate surface area is 241 Å². The molecule has 0 aliphatic carbocycles. The maximum Gasteiger partial charge on any atom is 0.332 e. The van der Waals surface area contributed by atoms with Gasteiger partial charge in [-0.2, -0.15) is 0 Å². The number of pyridine rings is 1. The van der Waals surface area contributed by atoms with Gasteiger partial charge in [0.05, 0.1) is 18.2 Å². The highest BCUT2D eigenvalue weighted by Crippen LogP contribution is 2.24. The number of carbonyl (C=O) groups is 1. The van der Waals surface area contributed by atoms with Crippen LogP contribution in [0.4, 0.5) is 11.5 Å². The molecule has 0 saturated carbocycles. The third-order valence-electron chi connectivity index (χ3n) is 5.97. The van der Waals surface area contributed by atoms with Crippen LogP contribution in [0.25, 0.3) is 0 Å². The van der Waals surface area contributed by atoms with Gasteiger partial charge in [-0.1, -0.05) is 29.8 Å². The topological polar surface area (TPSA) is 141 Å². The van der Waals surface area contributed by atoms with Crippen molar-refractivity contribution in [2.24, 2.45) is 5.41 Å². The van der Waals surface area contributed by atoms with Crippen LogP contribution in [0.1, 0.15) is 19.4 Å². The summed E-state index contributed by atoms with van der Waals surface area (Å²) >= 11 is 6.02. The van der Waals surface area contributed by atoms with Crippen molar-refractivity contribution >= 4 is 39.0 Å². The summed E-state index contributed by atoms with van der Waals surface area (Å²) in [4.78, 5) is 43.6. The van der Waals surface area contributed by atoms with Crippen LogP contribution >= 0.6 is 11.6 Å². The quantitative estimate of drug-likeness (QED) is 0.282. The van der Waals surface area contributed by atoms with Crippen molar-refractivity contribution in [3.63, 3.8) is 0 Å². The first-order chi connectivity index (χ1) is 19.3. The Morgan fingerprint density at radius 1 is 1.00 bits per heavy atom. The lowest BCUT2D eigenvalue weighted by Gasteiger charge is -2.24. The number of anilines is 2. The van der Waals surface area contributed by atoms with Gasteiger partial charge in [0.15, 0.2) is 0 Å². The summed E-state index contributed by atoms with van der Waals surface area (Å²) in [6.07, 6.45) is 2.47. The minimum absolute atomic E-state index is 0.0788. The van der Waals surface area contributed by atoms with Crippen molar-refractivity contribution in [1.82, 2.24) is 18.8 Å². The first kappa shape index (κ1) is 29.6. The number of nitrogens with one attached hydrogen (secondary N) is 2. The third kappa shape index (κ3) is 7.83. The Morgan fingerprint density at radius 2 is 1.68 bits per heavy atom. The van der Waals surface area contributed by atoms with Crippen LogP contribution in [0, 0.1) is 5.41 Å². The fourth-order valence-corrected chi connectivity index (χ4v) is 4.59. The predicted octanol–water partition coefficient (Wildman–Crippen LogP) is 3.74. The molecule has 0 aliphatic heterocycles. The number of ether oxygens (including phenoxy) is 1. The second-order valence-electron chi connectivity index (χ2n) is 9.96. The molecule has 0 aliphatic rings. The molecule has 214 valence electrons. The second-order valence-corrected chi connectivity index (χ2v) is 12.1. The molecule has 2 heterocycles. The van der Waals surface area contributed by atoms with Gasteiger partial charge in [0, 0.05) is 35.6 Å². The molecule has 0 unspecified atom stereocenters. The number of halogens is 1. The van der Waals surface area contributed by atoms with Crippen molar-refractivity contribution < 1.29 is 17.9 Å². The zero-order chi connectivity index (χ0) is 29.8. The van der Waals surface area contributed by atoms with Crippen molar-refractivity contribution in [1.29, 1.82) is 0 Å². The summed E-state index contributed by atoms with van der Waals surface area (Å²) in [6, 6.07) is 20.3. The molecule has 4 aromatic rings. The molecule has 2 aromatic carbocycles. The van der Waals surface area contributed by atoms with Gasteiger partial charge in [0.2, 0.25) is 21.8 Å². The fraction of sp³-hybridized carbons (Fsp3) is 0.214. The molecule has 0 saturated heterocycles. The summed E-state index contributed by atoms with van der Waals surface area (Å²) in [5, 5.41) is 3.64. The molecule has 11 nitrogen and oxygen atoms in total. The Morgan fingerprint density at radius 3 is 2.29 bits per heavy atom. The number of rotatable bonds is 10. The number of amides is 1. The number of nitrogens with zero attached hydrogens (tertiary/aromatic N) is 3. The number of carbonyl (C=O) groups excluding carboxylic acids is 1. The van der Waals surface area contributed by atoms with E-state index in [0.29, 0.717) is 22.3 Å². The number of hydrogen-bond donors (Lipinski definition) is 2. The average molecular weight is 598 g/mol. The van der Waals surface area contributed by atoms with E-state index in [-0.39, 0.29) is 18.9 Å². The largest absolute Gasteiger partial charge is 0.439 e. The lowest BCUT2D eigenvalue weighted by Crippen LogP contribution is -2.48. The van der Waals surface area contributed by atoms with Gasteiger partial charge in [-0.3, -0.25) is 23.4 Å². The van der Waals surface area contributed by atoms with E-state index in [4.69, 9.17) is 16.3 Å². The Kier molecular flexibility index (Phi) is 8.64. The van der Waals surface area contributed by atoms with Gasteiger partial charge < -0.3 is 10.1 Å². The summed E-state index contributed by atoms with van der Waals surface area (Å²) in [5.74, 6) is 0.341. The van der Waals surface area contributed by atoms with Gasteiger partial charge in [0.1, 0.15) is 11.6 Å². The van der Waals surface area contributed by atoms with E-state index in [9.17, 15) is 22.8 Å². The molecule has 0 atom stereocenters. The number of benzene rings is 2. The minimum Gasteiger partial charge on any atom is -0.439 e. The third-order valence-corrected chi connectivity index (χ3v) is 6.77. The SMILES string of the molecule is CC(C)(Cn1c(=O)cc(Nc2ccc(Oc3ccccn3)cc2)n(Cc2ccc(Cl)cc2)c1=O)C(=O)NS(C)(=O)=O. The summed E-state index contributed by atoms with van der Waals surface area (Å²) < 4.78 is 33.1. The first-order valence-corrected chi connectivity index (χ1v) is 14.6. The maximum absolute atomic E-state index is 13.7. The second kappa shape index (κ2) is 12.0. The Hall–Kier alpha value is -4.42. The van der Waals surface area contributed by atoms with Gasteiger partial charge in [0.25, 0.3) is 5.56 Å². The van der Waals surface area contributed by atoms with Crippen LogP contribution in [-0.4, -0.2) is 34.7 Å². The zero-order valence-electron chi connectivity index (χ0n) is 22.5. The van der Waals surface area contributed by atoms with Crippen molar-refractivity contribution in [3.8, 4) is 11.6 Å². The number of aromatic nitrogens is 3. The molecule has 0 fully saturated rings. The molecule has 13 heteroatoms. The van der Waals surface area contributed by atoms with Gasteiger partial charge in [-0.15, -0.1) is 0 Å². The van der Waals surface area contributed by atoms with Crippen LogP contribution < -0.4 is 26.0 Å². The van der Waals surface area contributed by atoms with Crippen LogP contribution in [0.15, 0.2) is 88.6 Å². The van der Waals surface area contributed by atoms with Gasteiger partial charge in [-0.05, 0) is 61.9 Å². The minimum atomic E-state index is -3.84. The lowest BCUT2D eigenvalue weighted by atomic mass is 9.92. The first-order valence-electron chi connectivity index (χ1n) is 12.4. The summed E-state index contributed by atoms with van der Waals surface area (Å²) in [5.41, 5.74) is -1.45. The molecule has 2 N–H and O–H groups in total. The van der Waals surface area contributed by atoms with Crippen LogP contribution in [0.3, 0.4) is 0 Å². The van der Waals surface area contributed by atoms with E-state index < -0.39 is 32.6 Å². The molecule has 0 bridgehead atoms. The van der Waals surface area contributed by atoms with Crippen LogP contribution in [0.2, 0.25) is 5.02 Å². The predicted molar refractivity (Wildman–Crippen MR) is 156 cm³/mol. The molecular weight excluding hydrogens is 570 g/mol. The lowest BCUT2D eigenvalue weighted by molar-refractivity contribution is -0.128. The standard InChI is InChI=1S/C28H28ClN5O6S/c1-28(2,26(36)32-41(3,38)39)18-34-25(35)16-23(33(27(34)37)17-19-7-9-20(29)10-8-19)31-21-11-13-22(14-12-21)40-24-6-4-5-15-30-24/h4-16,31H,17-18H2,1-3H3,(H,32,36). The molecule has 4 rings (SSSR count). The van der Waals surface area contributed by atoms with Crippen molar-refractivity contribution in [2.45, 2.75) is 26.9 Å². The van der Waals surface area contributed by atoms with E-state index >= 15 is 0 Å². The highest BCUT2D eigenvalue weighted by atomic mass is 35.5. The van der Waals surface area contributed by atoms with Crippen LogP contribution in [0.5, 0.6) is 11.6 Å². The maximum atomic E-state index is 13.7. The molecule has 2 aromatic heterocycles.